The zero-order valence-electron chi connectivity index (χ0n) is 15.5. The molecular formula is C21H31N3O. The smallest absolute Gasteiger partial charge is 0.223 e. The predicted octanol–water partition coefficient (Wildman–Crippen LogP) is 3.62. The normalized spacial score (nSPS) is 30.8. The highest BCUT2D eigenvalue weighted by molar-refractivity contribution is 5.80. The molecule has 2 atom stereocenters. The van der Waals surface area contributed by atoms with Gasteiger partial charge in [0.15, 0.2) is 0 Å². The summed E-state index contributed by atoms with van der Waals surface area (Å²) in [4.78, 5) is 21.9. The zero-order chi connectivity index (χ0) is 17.3. The Kier molecular flexibility index (Phi) is 4.81. The fourth-order valence-corrected chi connectivity index (χ4v) is 5.48. The lowest BCUT2D eigenvalue weighted by Crippen LogP contribution is -2.63. The average molecular weight is 341 g/mol. The van der Waals surface area contributed by atoms with Crippen molar-refractivity contribution in [3.05, 3.63) is 30.1 Å². The van der Waals surface area contributed by atoms with E-state index in [2.05, 4.69) is 33.8 Å². The van der Waals surface area contributed by atoms with Gasteiger partial charge in [-0.15, -0.1) is 0 Å². The Morgan fingerprint density at radius 3 is 2.68 bits per heavy atom. The lowest BCUT2D eigenvalue weighted by molar-refractivity contribution is -0.136. The Labute approximate surface area is 151 Å². The standard InChI is InChI=1S/C21H31N3O/c1-2-19-21(10-4-14-23(19)15-17-5-3-6-17)11-7-20(25)24(21)16-18-8-12-22-13-9-18/h8-9,12-13,17,19H,2-7,10-11,14-16H2,1H3/t19-,21+/m0/s1. The molecule has 25 heavy (non-hydrogen) atoms. The zero-order valence-corrected chi connectivity index (χ0v) is 15.5. The van der Waals surface area contributed by atoms with Crippen molar-refractivity contribution in [3.8, 4) is 0 Å². The van der Waals surface area contributed by atoms with Gasteiger partial charge in [-0.1, -0.05) is 13.3 Å². The van der Waals surface area contributed by atoms with Gasteiger partial charge in [0.05, 0.1) is 5.54 Å². The number of carbonyl (C=O) groups excluding carboxylic acids is 1. The summed E-state index contributed by atoms with van der Waals surface area (Å²) >= 11 is 0. The minimum absolute atomic E-state index is 0.0527. The van der Waals surface area contributed by atoms with Crippen molar-refractivity contribution in [2.45, 2.75) is 76.4 Å². The van der Waals surface area contributed by atoms with Crippen LogP contribution in [0.25, 0.3) is 0 Å². The van der Waals surface area contributed by atoms with Crippen LogP contribution in [0.1, 0.15) is 63.9 Å². The number of likely N-dealkylation sites (tertiary alicyclic amines) is 2. The molecule has 3 aliphatic rings. The molecule has 0 radical (unpaired) electrons. The predicted molar refractivity (Wildman–Crippen MR) is 99.0 cm³/mol. The van der Waals surface area contributed by atoms with Crippen molar-refractivity contribution in [1.82, 2.24) is 14.8 Å². The lowest BCUT2D eigenvalue weighted by atomic mass is 9.76. The lowest BCUT2D eigenvalue weighted by Gasteiger charge is -2.53. The maximum atomic E-state index is 12.8. The van der Waals surface area contributed by atoms with E-state index in [0.29, 0.717) is 11.9 Å². The molecule has 1 spiro atoms. The summed E-state index contributed by atoms with van der Waals surface area (Å²) in [6.45, 7) is 5.53. The molecular weight excluding hydrogens is 310 g/mol. The van der Waals surface area contributed by atoms with Crippen molar-refractivity contribution in [2.75, 3.05) is 13.1 Å². The third-order valence-corrected chi connectivity index (χ3v) is 6.92. The van der Waals surface area contributed by atoms with Crippen LogP contribution in [0.2, 0.25) is 0 Å². The Hall–Kier alpha value is -1.42. The molecule has 4 heteroatoms. The summed E-state index contributed by atoms with van der Waals surface area (Å²) in [5.74, 6) is 1.25. The van der Waals surface area contributed by atoms with Crippen molar-refractivity contribution in [3.63, 3.8) is 0 Å². The summed E-state index contributed by atoms with van der Waals surface area (Å²) in [6.07, 6.45) is 13.2. The number of rotatable bonds is 5. The minimum atomic E-state index is 0.0527. The van der Waals surface area contributed by atoms with Crippen molar-refractivity contribution < 1.29 is 4.79 Å². The first-order chi connectivity index (χ1) is 12.2. The molecule has 0 aromatic carbocycles. The van der Waals surface area contributed by atoms with E-state index in [0.717, 1.165) is 31.7 Å². The van der Waals surface area contributed by atoms with Gasteiger partial charge >= 0.3 is 0 Å². The third-order valence-electron chi connectivity index (χ3n) is 6.92. The Morgan fingerprint density at radius 1 is 1.20 bits per heavy atom. The molecule has 1 amide bonds. The second-order valence-electron chi connectivity index (χ2n) is 8.26. The molecule has 0 N–H and O–H groups in total. The first-order valence-corrected chi connectivity index (χ1v) is 10.2. The SMILES string of the molecule is CC[C@@H]1N(CC2CCC2)CCC[C@@]12CCC(=O)N2Cc1ccncc1. The third kappa shape index (κ3) is 3.10. The van der Waals surface area contributed by atoms with Gasteiger partial charge < -0.3 is 4.90 Å². The first kappa shape index (κ1) is 17.0. The van der Waals surface area contributed by atoms with E-state index < -0.39 is 0 Å². The van der Waals surface area contributed by atoms with Crippen LogP contribution in [0.4, 0.5) is 0 Å². The monoisotopic (exact) mass is 341 g/mol. The fraction of sp³-hybridized carbons (Fsp3) is 0.714. The highest BCUT2D eigenvalue weighted by Crippen LogP contribution is 2.45. The van der Waals surface area contributed by atoms with Gasteiger partial charge in [-0.3, -0.25) is 14.7 Å². The van der Waals surface area contributed by atoms with Crippen LogP contribution in [0.15, 0.2) is 24.5 Å². The molecule has 0 bridgehead atoms. The molecule has 1 aromatic heterocycles. The molecule has 2 saturated heterocycles. The molecule has 136 valence electrons. The molecule has 0 unspecified atom stereocenters. The topological polar surface area (TPSA) is 36.4 Å². The van der Waals surface area contributed by atoms with Gasteiger partial charge in [-0.25, -0.2) is 0 Å². The molecule has 1 aliphatic carbocycles. The largest absolute Gasteiger partial charge is 0.331 e. The summed E-state index contributed by atoms with van der Waals surface area (Å²) in [5, 5.41) is 0. The molecule has 4 nitrogen and oxygen atoms in total. The number of piperidine rings is 1. The van der Waals surface area contributed by atoms with E-state index in [4.69, 9.17) is 0 Å². The first-order valence-electron chi connectivity index (χ1n) is 10.2. The quantitative estimate of drug-likeness (QED) is 0.821. The fourth-order valence-electron chi connectivity index (χ4n) is 5.48. The van der Waals surface area contributed by atoms with Crippen LogP contribution < -0.4 is 0 Å². The molecule has 1 saturated carbocycles. The molecule has 2 aliphatic heterocycles. The number of nitrogens with zero attached hydrogens (tertiary/aromatic N) is 3. The van der Waals surface area contributed by atoms with E-state index in [1.807, 2.05) is 12.4 Å². The number of hydrogen-bond acceptors (Lipinski definition) is 3. The number of pyridine rings is 1. The van der Waals surface area contributed by atoms with Crippen LogP contribution in [0, 0.1) is 5.92 Å². The van der Waals surface area contributed by atoms with Crippen LogP contribution in [-0.2, 0) is 11.3 Å². The maximum Gasteiger partial charge on any atom is 0.223 e. The van der Waals surface area contributed by atoms with E-state index >= 15 is 0 Å². The molecule has 3 heterocycles. The van der Waals surface area contributed by atoms with E-state index in [1.165, 1.54) is 50.8 Å². The van der Waals surface area contributed by atoms with Gasteiger partial charge in [-0.05, 0) is 68.7 Å². The van der Waals surface area contributed by atoms with Crippen LogP contribution in [-0.4, -0.2) is 45.4 Å². The van der Waals surface area contributed by atoms with Gasteiger partial charge in [-0.2, -0.15) is 0 Å². The van der Waals surface area contributed by atoms with E-state index in [1.54, 1.807) is 0 Å². The van der Waals surface area contributed by atoms with Gasteiger partial charge in [0.25, 0.3) is 0 Å². The van der Waals surface area contributed by atoms with Gasteiger partial charge in [0.2, 0.25) is 5.91 Å². The summed E-state index contributed by atoms with van der Waals surface area (Å²) in [6, 6.07) is 4.62. The second-order valence-corrected chi connectivity index (χ2v) is 8.26. The Balaban J connectivity index is 1.58. The van der Waals surface area contributed by atoms with E-state index in [9.17, 15) is 4.79 Å². The highest BCUT2D eigenvalue weighted by atomic mass is 16.2. The van der Waals surface area contributed by atoms with Crippen LogP contribution in [0.5, 0.6) is 0 Å². The molecule has 4 rings (SSSR count). The summed E-state index contributed by atoms with van der Waals surface area (Å²) < 4.78 is 0. The summed E-state index contributed by atoms with van der Waals surface area (Å²) in [5.41, 5.74) is 1.26. The summed E-state index contributed by atoms with van der Waals surface area (Å²) in [7, 11) is 0. The Morgan fingerprint density at radius 2 is 2.00 bits per heavy atom. The van der Waals surface area contributed by atoms with Gasteiger partial charge in [0, 0.05) is 37.9 Å². The number of carbonyl (C=O) groups is 1. The van der Waals surface area contributed by atoms with E-state index in [-0.39, 0.29) is 5.54 Å². The van der Waals surface area contributed by atoms with Crippen molar-refractivity contribution >= 4 is 5.91 Å². The van der Waals surface area contributed by atoms with Crippen molar-refractivity contribution in [2.24, 2.45) is 5.92 Å². The molecule has 3 fully saturated rings. The Bertz CT molecular complexity index is 600. The van der Waals surface area contributed by atoms with Gasteiger partial charge in [0.1, 0.15) is 0 Å². The maximum absolute atomic E-state index is 12.8. The van der Waals surface area contributed by atoms with Crippen LogP contribution in [0.3, 0.4) is 0 Å². The second kappa shape index (κ2) is 7.06. The average Bonchev–Trinajstić information content (AvgIpc) is 2.89. The molecule has 1 aromatic rings. The van der Waals surface area contributed by atoms with Crippen LogP contribution >= 0.6 is 0 Å². The highest BCUT2D eigenvalue weighted by Gasteiger charge is 2.53. The number of amides is 1. The minimum Gasteiger partial charge on any atom is -0.331 e. The number of aromatic nitrogens is 1. The van der Waals surface area contributed by atoms with Crippen molar-refractivity contribution in [1.29, 1.82) is 0 Å². The number of hydrogen-bond donors (Lipinski definition) is 0.